The minimum atomic E-state index is -3.37. The zero-order valence-electron chi connectivity index (χ0n) is 11.7. The van der Waals surface area contributed by atoms with Gasteiger partial charge in [-0.1, -0.05) is 6.07 Å². The first kappa shape index (κ1) is 15.5. The Morgan fingerprint density at radius 3 is 2.55 bits per heavy atom. The summed E-state index contributed by atoms with van der Waals surface area (Å²) in [5.74, 6) is -0.0413. The maximum absolute atomic E-state index is 12.3. The fraction of sp³-hybridized carbons (Fsp3) is 0.615. The Balaban J connectivity index is 1.96. The summed E-state index contributed by atoms with van der Waals surface area (Å²) in [5.41, 5.74) is 0. The number of nitrogens with one attached hydrogen (secondary N) is 1. The molecule has 0 aliphatic carbocycles. The van der Waals surface area contributed by atoms with Crippen LogP contribution in [0.25, 0.3) is 0 Å². The fourth-order valence-corrected chi connectivity index (χ4v) is 4.91. The summed E-state index contributed by atoms with van der Waals surface area (Å²) in [7, 11) is -3.37. The lowest BCUT2D eigenvalue weighted by Crippen LogP contribution is -2.44. The Bertz CT molecular complexity index is 544. The van der Waals surface area contributed by atoms with E-state index in [0.29, 0.717) is 30.1 Å². The number of thiophene rings is 1. The molecule has 5 nitrogen and oxygen atoms in total. The van der Waals surface area contributed by atoms with Crippen LogP contribution in [0.5, 0.6) is 0 Å². The van der Waals surface area contributed by atoms with Crippen molar-refractivity contribution in [3.63, 3.8) is 0 Å². The summed E-state index contributed by atoms with van der Waals surface area (Å²) in [4.78, 5) is 11.9. The van der Waals surface area contributed by atoms with Gasteiger partial charge in [0.2, 0.25) is 5.91 Å². The van der Waals surface area contributed by atoms with Crippen molar-refractivity contribution >= 4 is 27.3 Å². The smallest absolute Gasteiger partial charge is 0.252 e. The number of rotatable bonds is 4. The van der Waals surface area contributed by atoms with Gasteiger partial charge in [-0.2, -0.15) is 4.31 Å². The summed E-state index contributed by atoms with van der Waals surface area (Å²) >= 11 is 1.23. The molecule has 1 saturated heterocycles. The molecule has 112 valence electrons. The normalized spacial score (nSPS) is 18.4. The number of carbonyl (C=O) groups is 1. The Labute approximate surface area is 124 Å². The first-order valence-electron chi connectivity index (χ1n) is 6.75. The summed E-state index contributed by atoms with van der Waals surface area (Å²) < 4.78 is 26.5. The minimum Gasteiger partial charge on any atom is -0.354 e. The van der Waals surface area contributed by atoms with Crippen LogP contribution in [0.4, 0.5) is 0 Å². The number of hydrogen-bond donors (Lipinski definition) is 1. The molecule has 0 saturated carbocycles. The molecule has 7 heteroatoms. The summed E-state index contributed by atoms with van der Waals surface area (Å²) in [6, 6.07) is 3.48. The molecular formula is C13H20N2O3S2. The molecule has 1 aromatic rings. The van der Waals surface area contributed by atoms with Crippen molar-refractivity contribution in [1.29, 1.82) is 0 Å². The third kappa shape index (κ3) is 3.39. The third-order valence-corrected chi connectivity index (χ3v) is 6.62. The first-order chi connectivity index (χ1) is 9.41. The molecule has 1 fully saturated rings. The predicted octanol–water partition coefficient (Wildman–Crippen LogP) is 1.67. The van der Waals surface area contributed by atoms with Crippen LogP contribution >= 0.6 is 11.3 Å². The van der Waals surface area contributed by atoms with Crippen LogP contribution in [0.2, 0.25) is 0 Å². The molecule has 1 aliphatic rings. The van der Waals surface area contributed by atoms with Gasteiger partial charge in [0.15, 0.2) is 0 Å². The Hall–Kier alpha value is -0.920. The second-order valence-electron chi connectivity index (χ2n) is 5.27. The number of piperidine rings is 1. The van der Waals surface area contributed by atoms with Crippen LogP contribution in [0.3, 0.4) is 0 Å². The van der Waals surface area contributed by atoms with E-state index in [4.69, 9.17) is 0 Å². The van der Waals surface area contributed by atoms with Gasteiger partial charge in [0.1, 0.15) is 4.21 Å². The lowest BCUT2D eigenvalue weighted by molar-refractivity contribution is -0.126. The highest BCUT2D eigenvalue weighted by Crippen LogP contribution is 2.26. The topological polar surface area (TPSA) is 66.5 Å². The van der Waals surface area contributed by atoms with E-state index >= 15 is 0 Å². The number of sulfonamides is 1. The van der Waals surface area contributed by atoms with Crippen LogP contribution in [0.1, 0.15) is 26.7 Å². The molecule has 20 heavy (non-hydrogen) atoms. The average Bonchev–Trinajstić information content (AvgIpc) is 2.92. The van der Waals surface area contributed by atoms with Gasteiger partial charge in [-0.3, -0.25) is 4.79 Å². The highest BCUT2D eigenvalue weighted by Gasteiger charge is 2.32. The van der Waals surface area contributed by atoms with Crippen molar-refractivity contribution in [2.45, 2.75) is 36.9 Å². The van der Waals surface area contributed by atoms with Crippen molar-refractivity contribution in [1.82, 2.24) is 9.62 Å². The second-order valence-corrected chi connectivity index (χ2v) is 8.39. The van der Waals surface area contributed by atoms with E-state index in [2.05, 4.69) is 5.32 Å². The maximum Gasteiger partial charge on any atom is 0.252 e. The van der Waals surface area contributed by atoms with Gasteiger partial charge in [-0.05, 0) is 38.1 Å². The molecule has 0 unspecified atom stereocenters. The standard InChI is InChI=1S/C13H20N2O3S2/c1-10(2)14-13(16)11-5-7-15(8-6-11)20(17,18)12-4-3-9-19-12/h3-4,9-11H,5-8H2,1-2H3,(H,14,16). The van der Waals surface area contributed by atoms with Crippen molar-refractivity contribution < 1.29 is 13.2 Å². The molecule has 1 amide bonds. The van der Waals surface area contributed by atoms with E-state index in [9.17, 15) is 13.2 Å². The fourth-order valence-electron chi connectivity index (χ4n) is 2.30. The molecule has 2 rings (SSSR count). The van der Waals surface area contributed by atoms with E-state index < -0.39 is 10.0 Å². The molecule has 1 N–H and O–H groups in total. The van der Waals surface area contributed by atoms with Crippen molar-refractivity contribution in [3.05, 3.63) is 17.5 Å². The minimum absolute atomic E-state index is 0.0353. The van der Waals surface area contributed by atoms with Gasteiger partial charge in [-0.15, -0.1) is 11.3 Å². The molecule has 1 aliphatic heterocycles. The van der Waals surface area contributed by atoms with Crippen molar-refractivity contribution in [2.75, 3.05) is 13.1 Å². The predicted molar refractivity (Wildman–Crippen MR) is 79.1 cm³/mol. The Morgan fingerprint density at radius 1 is 1.40 bits per heavy atom. The molecular weight excluding hydrogens is 296 g/mol. The molecule has 0 bridgehead atoms. The van der Waals surface area contributed by atoms with Crippen LogP contribution in [-0.2, 0) is 14.8 Å². The van der Waals surface area contributed by atoms with Gasteiger partial charge in [0.25, 0.3) is 10.0 Å². The molecule has 0 atom stereocenters. The SMILES string of the molecule is CC(C)NC(=O)C1CCN(S(=O)(=O)c2cccs2)CC1. The quantitative estimate of drug-likeness (QED) is 0.919. The largest absolute Gasteiger partial charge is 0.354 e. The van der Waals surface area contributed by atoms with Gasteiger partial charge in [0.05, 0.1) is 0 Å². The zero-order chi connectivity index (χ0) is 14.8. The van der Waals surface area contributed by atoms with E-state index in [0.717, 1.165) is 0 Å². The van der Waals surface area contributed by atoms with Crippen LogP contribution in [0, 0.1) is 5.92 Å². The summed E-state index contributed by atoms with van der Waals surface area (Å²) in [5, 5.41) is 4.65. The lowest BCUT2D eigenvalue weighted by atomic mass is 9.97. The molecule has 2 heterocycles. The van der Waals surface area contributed by atoms with Crippen LogP contribution in [-0.4, -0.2) is 37.8 Å². The summed E-state index contributed by atoms with van der Waals surface area (Å²) in [6.45, 7) is 4.68. The van der Waals surface area contributed by atoms with Crippen molar-refractivity contribution in [3.8, 4) is 0 Å². The van der Waals surface area contributed by atoms with E-state index in [1.54, 1.807) is 17.5 Å². The van der Waals surface area contributed by atoms with Gasteiger partial charge < -0.3 is 5.32 Å². The van der Waals surface area contributed by atoms with E-state index in [-0.39, 0.29) is 17.9 Å². The first-order valence-corrected chi connectivity index (χ1v) is 9.07. The Morgan fingerprint density at radius 2 is 2.05 bits per heavy atom. The van der Waals surface area contributed by atoms with E-state index in [1.165, 1.54) is 15.6 Å². The highest BCUT2D eigenvalue weighted by molar-refractivity contribution is 7.91. The number of nitrogens with zero attached hydrogens (tertiary/aromatic N) is 1. The van der Waals surface area contributed by atoms with Gasteiger partial charge >= 0.3 is 0 Å². The molecule has 0 aromatic carbocycles. The highest BCUT2D eigenvalue weighted by atomic mass is 32.2. The van der Waals surface area contributed by atoms with E-state index in [1.807, 2.05) is 13.8 Å². The zero-order valence-corrected chi connectivity index (χ0v) is 13.3. The summed E-state index contributed by atoms with van der Waals surface area (Å²) in [6.07, 6.45) is 1.17. The average molecular weight is 316 g/mol. The monoisotopic (exact) mass is 316 g/mol. The Kier molecular flexibility index (Phi) is 4.82. The lowest BCUT2D eigenvalue weighted by Gasteiger charge is -2.30. The molecule has 0 radical (unpaired) electrons. The van der Waals surface area contributed by atoms with Gasteiger partial charge in [0, 0.05) is 25.0 Å². The number of amides is 1. The number of carbonyl (C=O) groups excluding carboxylic acids is 1. The van der Waals surface area contributed by atoms with Crippen LogP contribution < -0.4 is 5.32 Å². The van der Waals surface area contributed by atoms with Crippen molar-refractivity contribution in [2.24, 2.45) is 5.92 Å². The van der Waals surface area contributed by atoms with Crippen LogP contribution in [0.15, 0.2) is 21.7 Å². The third-order valence-electron chi connectivity index (χ3n) is 3.34. The molecule has 0 spiro atoms. The second kappa shape index (κ2) is 6.24. The maximum atomic E-state index is 12.3. The number of hydrogen-bond acceptors (Lipinski definition) is 4. The molecule has 1 aromatic heterocycles. The van der Waals surface area contributed by atoms with Gasteiger partial charge in [-0.25, -0.2) is 8.42 Å².